The molecule has 3 heteroatoms. The minimum atomic E-state index is -0.566. The number of benzene rings is 1. The van der Waals surface area contributed by atoms with E-state index in [1.807, 2.05) is 42.2 Å². The van der Waals surface area contributed by atoms with Crippen molar-refractivity contribution >= 4 is 5.91 Å². The molecule has 0 bridgehead atoms. The molecule has 2 aliphatic rings. The quantitative estimate of drug-likeness (QED) is 0.742. The summed E-state index contributed by atoms with van der Waals surface area (Å²) in [5.74, 6) is 0.227. The van der Waals surface area contributed by atoms with Gasteiger partial charge in [-0.1, -0.05) is 30.3 Å². The van der Waals surface area contributed by atoms with Crippen LogP contribution in [0.25, 0.3) is 0 Å². The van der Waals surface area contributed by atoms with E-state index in [2.05, 4.69) is 0 Å². The lowest BCUT2D eigenvalue weighted by atomic mass is 9.97. The minimum absolute atomic E-state index is 0.227. The highest BCUT2D eigenvalue weighted by Crippen LogP contribution is 2.40. The van der Waals surface area contributed by atoms with Crippen molar-refractivity contribution in [2.45, 2.75) is 38.0 Å². The standard InChI is InChI=1S/C14H17NO2/c1-14(11-6-3-2-4-7-11)15-12(10-17-14)8-5-9-13(15)16/h2-4,6-7,12H,5,8-10H2,1H3/t12-,14+/m0/s1. The number of ether oxygens (including phenoxy) is 1. The second-order valence-corrected chi connectivity index (χ2v) is 4.97. The van der Waals surface area contributed by atoms with Gasteiger partial charge < -0.3 is 9.64 Å². The maximum absolute atomic E-state index is 12.1. The van der Waals surface area contributed by atoms with Gasteiger partial charge in [0.05, 0.1) is 12.6 Å². The fourth-order valence-corrected chi connectivity index (χ4v) is 2.98. The number of hydrogen-bond acceptors (Lipinski definition) is 2. The molecule has 2 atom stereocenters. The number of carbonyl (C=O) groups excluding carboxylic acids is 1. The highest BCUT2D eigenvalue weighted by Gasteiger charge is 2.49. The number of hydrogen-bond donors (Lipinski definition) is 0. The highest BCUT2D eigenvalue weighted by molar-refractivity contribution is 5.78. The zero-order valence-corrected chi connectivity index (χ0v) is 10.1. The summed E-state index contributed by atoms with van der Waals surface area (Å²) in [4.78, 5) is 14.1. The Kier molecular flexibility index (Phi) is 2.44. The molecule has 2 aliphatic heterocycles. The van der Waals surface area contributed by atoms with E-state index in [1.54, 1.807) is 0 Å². The molecular formula is C14H17NO2. The predicted octanol–water partition coefficient (Wildman–Crippen LogP) is 2.27. The van der Waals surface area contributed by atoms with Crippen LogP contribution in [-0.4, -0.2) is 23.5 Å². The smallest absolute Gasteiger partial charge is 0.225 e. The summed E-state index contributed by atoms with van der Waals surface area (Å²) < 4.78 is 5.95. The zero-order chi connectivity index (χ0) is 11.9. The van der Waals surface area contributed by atoms with Gasteiger partial charge in [0.15, 0.2) is 5.72 Å². The van der Waals surface area contributed by atoms with Crippen molar-refractivity contribution in [3.63, 3.8) is 0 Å². The van der Waals surface area contributed by atoms with Crippen LogP contribution in [-0.2, 0) is 15.3 Å². The van der Waals surface area contributed by atoms with Crippen LogP contribution >= 0.6 is 0 Å². The summed E-state index contributed by atoms with van der Waals surface area (Å²) in [6, 6.07) is 10.3. The summed E-state index contributed by atoms with van der Waals surface area (Å²) in [5.41, 5.74) is 0.501. The van der Waals surface area contributed by atoms with Crippen molar-refractivity contribution in [2.75, 3.05) is 6.61 Å². The molecule has 3 nitrogen and oxygen atoms in total. The summed E-state index contributed by atoms with van der Waals surface area (Å²) in [6.45, 7) is 2.67. The lowest BCUT2D eigenvalue weighted by Gasteiger charge is -2.39. The Labute approximate surface area is 101 Å². The van der Waals surface area contributed by atoms with Crippen LogP contribution in [0.15, 0.2) is 30.3 Å². The molecule has 0 N–H and O–H groups in total. The van der Waals surface area contributed by atoms with Crippen molar-refractivity contribution in [3.05, 3.63) is 35.9 Å². The Morgan fingerprint density at radius 2 is 2.12 bits per heavy atom. The van der Waals surface area contributed by atoms with Gasteiger partial charge in [-0.25, -0.2) is 0 Å². The minimum Gasteiger partial charge on any atom is -0.349 e. The van der Waals surface area contributed by atoms with Crippen LogP contribution < -0.4 is 0 Å². The average Bonchev–Trinajstić information content (AvgIpc) is 2.71. The van der Waals surface area contributed by atoms with Gasteiger partial charge >= 0.3 is 0 Å². The molecule has 1 amide bonds. The molecule has 0 aliphatic carbocycles. The SMILES string of the molecule is C[C@]1(c2ccccc2)OC[C@@H]2CCCC(=O)N21. The van der Waals surface area contributed by atoms with Gasteiger partial charge in [0, 0.05) is 12.0 Å². The molecule has 2 fully saturated rings. The molecule has 0 spiro atoms. The van der Waals surface area contributed by atoms with Gasteiger partial charge in [0.25, 0.3) is 0 Å². The molecule has 0 radical (unpaired) electrons. The number of amides is 1. The molecule has 1 aromatic carbocycles. The van der Waals surface area contributed by atoms with Gasteiger partial charge in [-0.2, -0.15) is 0 Å². The molecule has 2 heterocycles. The Morgan fingerprint density at radius 3 is 2.88 bits per heavy atom. The zero-order valence-electron chi connectivity index (χ0n) is 10.1. The first-order valence-corrected chi connectivity index (χ1v) is 6.23. The predicted molar refractivity (Wildman–Crippen MR) is 64.2 cm³/mol. The first-order valence-electron chi connectivity index (χ1n) is 6.23. The lowest BCUT2D eigenvalue weighted by Crippen LogP contribution is -2.49. The average molecular weight is 231 g/mol. The molecule has 1 aromatic rings. The van der Waals surface area contributed by atoms with Crippen LogP contribution in [0, 0.1) is 0 Å². The number of rotatable bonds is 1. The van der Waals surface area contributed by atoms with Gasteiger partial charge in [-0.3, -0.25) is 4.79 Å². The van der Waals surface area contributed by atoms with E-state index in [-0.39, 0.29) is 11.9 Å². The number of carbonyl (C=O) groups is 1. The molecule has 0 saturated carbocycles. The third-order valence-corrected chi connectivity index (χ3v) is 3.89. The van der Waals surface area contributed by atoms with E-state index in [0.29, 0.717) is 13.0 Å². The van der Waals surface area contributed by atoms with E-state index >= 15 is 0 Å². The largest absolute Gasteiger partial charge is 0.349 e. The Bertz CT molecular complexity index is 431. The van der Waals surface area contributed by atoms with Crippen LogP contribution in [0.4, 0.5) is 0 Å². The van der Waals surface area contributed by atoms with E-state index in [9.17, 15) is 4.79 Å². The van der Waals surface area contributed by atoms with Crippen molar-refractivity contribution < 1.29 is 9.53 Å². The summed E-state index contributed by atoms with van der Waals surface area (Å²) in [7, 11) is 0. The lowest BCUT2D eigenvalue weighted by molar-refractivity contribution is -0.153. The topological polar surface area (TPSA) is 29.5 Å². The Balaban J connectivity index is 2.00. The van der Waals surface area contributed by atoms with E-state index in [1.165, 1.54) is 0 Å². The third kappa shape index (κ3) is 1.57. The molecule has 0 unspecified atom stereocenters. The number of nitrogens with zero attached hydrogens (tertiary/aromatic N) is 1. The third-order valence-electron chi connectivity index (χ3n) is 3.89. The summed E-state index contributed by atoms with van der Waals surface area (Å²) >= 11 is 0. The molecule has 2 saturated heterocycles. The first kappa shape index (κ1) is 10.8. The molecule has 17 heavy (non-hydrogen) atoms. The van der Waals surface area contributed by atoms with Gasteiger partial charge in [-0.15, -0.1) is 0 Å². The molecule has 0 aromatic heterocycles. The van der Waals surface area contributed by atoms with E-state index in [0.717, 1.165) is 18.4 Å². The van der Waals surface area contributed by atoms with Crippen molar-refractivity contribution in [2.24, 2.45) is 0 Å². The van der Waals surface area contributed by atoms with Crippen LogP contribution in [0.2, 0.25) is 0 Å². The molecular weight excluding hydrogens is 214 g/mol. The van der Waals surface area contributed by atoms with Crippen LogP contribution in [0.5, 0.6) is 0 Å². The fraction of sp³-hybridized carbons (Fsp3) is 0.500. The van der Waals surface area contributed by atoms with Crippen LogP contribution in [0.3, 0.4) is 0 Å². The van der Waals surface area contributed by atoms with Gasteiger partial charge in [-0.05, 0) is 19.8 Å². The maximum Gasteiger partial charge on any atom is 0.225 e. The second-order valence-electron chi connectivity index (χ2n) is 4.97. The maximum atomic E-state index is 12.1. The van der Waals surface area contributed by atoms with Crippen molar-refractivity contribution in [3.8, 4) is 0 Å². The number of fused-ring (bicyclic) bond motifs is 1. The molecule has 90 valence electrons. The van der Waals surface area contributed by atoms with Gasteiger partial charge in [0.2, 0.25) is 5.91 Å². The van der Waals surface area contributed by atoms with Crippen LogP contribution in [0.1, 0.15) is 31.7 Å². The van der Waals surface area contributed by atoms with Gasteiger partial charge in [0.1, 0.15) is 0 Å². The number of piperidine rings is 1. The molecule has 3 rings (SSSR count). The fourth-order valence-electron chi connectivity index (χ4n) is 2.98. The van der Waals surface area contributed by atoms with E-state index < -0.39 is 5.72 Å². The van der Waals surface area contributed by atoms with Crippen molar-refractivity contribution in [1.82, 2.24) is 4.90 Å². The van der Waals surface area contributed by atoms with Crippen molar-refractivity contribution in [1.29, 1.82) is 0 Å². The summed E-state index contributed by atoms with van der Waals surface area (Å²) in [5, 5.41) is 0. The highest BCUT2D eigenvalue weighted by atomic mass is 16.5. The summed E-state index contributed by atoms with van der Waals surface area (Å²) in [6.07, 6.45) is 2.71. The van der Waals surface area contributed by atoms with E-state index in [4.69, 9.17) is 4.74 Å². The normalized spacial score (nSPS) is 32.6. The first-order chi connectivity index (χ1) is 8.22. The monoisotopic (exact) mass is 231 g/mol. The Hall–Kier alpha value is -1.35. The Morgan fingerprint density at radius 1 is 1.35 bits per heavy atom. The second kappa shape index (κ2) is 3.84.